The van der Waals surface area contributed by atoms with Gasteiger partial charge in [0.2, 0.25) is 5.91 Å². The molecular weight excluding hydrogens is 342 g/mol. The van der Waals surface area contributed by atoms with Crippen LogP contribution in [0.15, 0.2) is 48.5 Å². The van der Waals surface area contributed by atoms with E-state index in [1.807, 2.05) is 19.1 Å². The van der Waals surface area contributed by atoms with Crippen molar-refractivity contribution >= 4 is 23.4 Å². The van der Waals surface area contributed by atoms with Crippen molar-refractivity contribution in [1.82, 2.24) is 4.90 Å². The Morgan fingerprint density at radius 2 is 1.81 bits per heavy atom. The smallest absolute Gasteiger partial charge is 0.255 e. The van der Waals surface area contributed by atoms with E-state index in [4.69, 9.17) is 5.73 Å². The first kappa shape index (κ1) is 18.6. The monoisotopic (exact) mass is 365 g/mol. The van der Waals surface area contributed by atoms with Crippen molar-refractivity contribution in [1.29, 1.82) is 0 Å². The van der Waals surface area contributed by atoms with Gasteiger partial charge in [-0.05, 0) is 50.1 Å². The molecule has 1 atom stereocenters. The summed E-state index contributed by atoms with van der Waals surface area (Å²) in [6.07, 6.45) is 1.47. The van der Waals surface area contributed by atoms with Crippen LogP contribution in [0.4, 0.5) is 5.69 Å². The van der Waals surface area contributed by atoms with Crippen molar-refractivity contribution < 1.29 is 14.4 Å². The summed E-state index contributed by atoms with van der Waals surface area (Å²) in [5.41, 5.74) is 8.04. The lowest BCUT2D eigenvalue weighted by molar-refractivity contribution is -0.123. The molecule has 0 unspecified atom stereocenters. The van der Waals surface area contributed by atoms with E-state index in [2.05, 4.69) is 5.32 Å². The molecule has 3 amide bonds. The number of nitrogens with one attached hydrogen (secondary N) is 1. The number of anilines is 1. The predicted octanol–water partition coefficient (Wildman–Crippen LogP) is 2.58. The summed E-state index contributed by atoms with van der Waals surface area (Å²) in [4.78, 5) is 38.2. The molecule has 2 aromatic rings. The molecule has 27 heavy (non-hydrogen) atoms. The quantitative estimate of drug-likeness (QED) is 0.872. The molecule has 2 aromatic carbocycles. The molecule has 0 aromatic heterocycles. The van der Waals surface area contributed by atoms with Gasteiger partial charge in [-0.3, -0.25) is 14.4 Å². The van der Waals surface area contributed by atoms with Crippen LogP contribution in [-0.2, 0) is 4.79 Å². The molecule has 1 aliphatic rings. The number of carbonyl (C=O) groups is 3. The molecule has 1 heterocycles. The highest BCUT2D eigenvalue weighted by Crippen LogP contribution is 2.20. The van der Waals surface area contributed by atoms with E-state index >= 15 is 0 Å². The number of rotatable bonds is 4. The Morgan fingerprint density at radius 1 is 1.07 bits per heavy atom. The van der Waals surface area contributed by atoms with Gasteiger partial charge in [0.05, 0.1) is 5.92 Å². The largest absolute Gasteiger partial charge is 0.369 e. The van der Waals surface area contributed by atoms with Crippen LogP contribution in [0.25, 0.3) is 0 Å². The number of hydrogen-bond donors (Lipinski definition) is 2. The van der Waals surface area contributed by atoms with Crippen molar-refractivity contribution in [3.8, 4) is 0 Å². The molecule has 140 valence electrons. The molecular formula is C21H23N3O3. The Balaban J connectivity index is 1.71. The lowest BCUT2D eigenvalue weighted by Crippen LogP contribution is -2.44. The fourth-order valence-electron chi connectivity index (χ4n) is 3.21. The first-order chi connectivity index (χ1) is 12.9. The Morgan fingerprint density at radius 3 is 2.52 bits per heavy atom. The maximum Gasteiger partial charge on any atom is 0.255 e. The lowest BCUT2D eigenvalue weighted by atomic mass is 9.97. The minimum Gasteiger partial charge on any atom is -0.369 e. The van der Waals surface area contributed by atoms with E-state index in [1.165, 1.54) is 0 Å². The second-order valence-electron chi connectivity index (χ2n) is 6.89. The van der Waals surface area contributed by atoms with Crippen LogP contribution in [0.1, 0.15) is 39.1 Å². The highest BCUT2D eigenvalue weighted by Gasteiger charge is 2.27. The number of amides is 3. The van der Waals surface area contributed by atoms with Gasteiger partial charge in [-0.2, -0.15) is 0 Å². The van der Waals surface area contributed by atoms with E-state index in [0.29, 0.717) is 36.3 Å². The van der Waals surface area contributed by atoms with Crippen LogP contribution in [-0.4, -0.2) is 35.7 Å². The first-order valence-electron chi connectivity index (χ1n) is 9.01. The van der Waals surface area contributed by atoms with Gasteiger partial charge in [-0.1, -0.05) is 23.8 Å². The summed E-state index contributed by atoms with van der Waals surface area (Å²) in [5.74, 6) is -1.06. The average Bonchev–Trinajstić information content (AvgIpc) is 2.68. The Kier molecular flexibility index (Phi) is 5.54. The summed E-state index contributed by atoms with van der Waals surface area (Å²) >= 11 is 0. The fraction of sp³-hybridized carbons (Fsp3) is 0.286. The first-order valence-corrected chi connectivity index (χ1v) is 9.01. The number of nitrogens with zero attached hydrogens (tertiary/aromatic N) is 1. The van der Waals surface area contributed by atoms with Crippen molar-refractivity contribution in [2.24, 2.45) is 11.7 Å². The van der Waals surface area contributed by atoms with Gasteiger partial charge in [0.15, 0.2) is 0 Å². The maximum absolute atomic E-state index is 12.8. The molecule has 1 aliphatic heterocycles. The number of nitrogens with two attached hydrogens (primary N) is 1. The number of aryl methyl sites for hydroxylation is 1. The van der Waals surface area contributed by atoms with Crippen LogP contribution < -0.4 is 11.1 Å². The van der Waals surface area contributed by atoms with Gasteiger partial charge in [0.25, 0.3) is 11.8 Å². The third-order valence-corrected chi connectivity index (χ3v) is 4.79. The van der Waals surface area contributed by atoms with Crippen molar-refractivity contribution in [2.45, 2.75) is 19.8 Å². The molecule has 1 saturated heterocycles. The molecule has 6 heteroatoms. The summed E-state index contributed by atoms with van der Waals surface area (Å²) in [7, 11) is 0. The van der Waals surface area contributed by atoms with E-state index in [-0.39, 0.29) is 23.6 Å². The maximum atomic E-state index is 12.8. The summed E-state index contributed by atoms with van der Waals surface area (Å²) in [6, 6.07) is 14.1. The number of primary amides is 1. The topological polar surface area (TPSA) is 92.5 Å². The van der Waals surface area contributed by atoms with Crippen LogP contribution in [0.2, 0.25) is 0 Å². The third kappa shape index (κ3) is 4.53. The van der Waals surface area contributed by atoms with Crippen LogP contribution in [0.3, 0.4) is 0 Å². The zero-order valence-electron chi connectivity index (χ0n) is 15.3. The lowest BCUT2D eigenvalue weighted by Gasteiger charge is -2.31. The Bertz CT molecular complexity index is 861. The van der Waals surface area contributed by atoms with Gasteiger partial charge in [-0.25, -0.2) is 0 Å². The summed E-state index contributed by atoms with van der Waals surface area (Å²) < 4.78 is 0. The molecule has 3 rings (SSSR count). The molecule has 6 nitrogen and oxygen atoms in total. The molecule has 0 radical (unpaired) electrons. The number of likely N-dealkylation sites (tertiary alicyclic amines) is 1. The second kappa shape index (κ2) is 8.03. The van der Waals surface area contributed by atoms with Gasteiger partial charge in [0, 0.05) is 29.9 Å². The van der Waals surface area contributed by atoms with Crippen molar-refractivity contribution in [3.63, 3.8) is 0 Å². The van der Waals surface area contributed by atoms with Gasteiger partial charge in [0.1, 0.15) is 0 Å². The predicted molar refractivity (Wildman–Crippen MR) is 103 cm³/mol. The van der Waals surface area contributed by atoms with E-state index in [0.717, 1.165) is 12.0 Å². The normalized spacial score (nSPS) is 16.6. The molecule has 0 saturated carbocycles. The fourth-order valence-corrected chi connectivity index (χ4v) is 3.21. The number of piperidine rings is 1. The molecule has 3 N–H and O–H groups in total. The van der Waals surface area contributed by atoms with Gasteiger partial charge in [-0.15, -0.1) is 0 Å². The number of benzene rings is 2. The minimum absolute atomic E-state index is 0.160. The van der Waals surface area contributed by atoms with Gasteiger partial charge < -0.3 is 16.0 Å². The van der Waals surface area contributed by atoms with Crippen LogP contribution >= 0.6 is 0 Å². The van der Waals surface area contributed by atoms with Crippen molar-refractivity contribution in [3.05, 3.63) is 65.2 Å². The zero-order valence-corrected chi connectivity index (χ0v) is 15.3. The van der Waals surface area contributed by atoms with Gasteiger partial charge >= 0.3 is 0 Å². The van der Waals surface area contributed by atoms with E-state index in [1.54, 1.807) is 41.3 Å². The van der Waals surface area contributed by atoms with E-state index in [9.17, 15) is 14.4 Å². The second-order valence-corrected chi connectivity index (χ2v) is 6.89. The number of hydrogen-bond acceptors (Lipinski definition) is 3. The Labute approximate surface area is 158 Å². The molecule has 1 fully saturated rings. The van der Waals surface area contributed by atoms with Crippen molar-refractivity contribution in [2.75, 3.05) is 18.4 Å². The van der Waals surface area contributed by atoms with Crippen LogP contribution in [0.5, 0.6) is 0 Å². The number of carbonyl (C=O) groups excluding carboxylic acids is 3. The van der Waals surface area contributed by atoms with Crippen LogP contribution in [0, 0.1) is 12.8 Å². The Hall–Kier alpha value is -3.15. The molecule has 0 spiro atoms. The molecule has 0 aliphatic carbocycles. The zero-order chi connectivity index (χ0) is 19.4. The average molecular weight is 365 g/mol. The standard InChI is InChI=1S/C21H23N3O3/c1-14-7-9-15(10-8-14)20(26)23-18-6-2-4-16(12-18)21(27)24-11-3-5-17(13-24)19(22)25/h2,4,6-10,12,17H,3,5,11,13H2,1H3,(H2,22,25)(H,23,26)/t17-/m0/s1. The minimum atomic E-state index is -0.369. The highest BCUT2D eigenvalue weighted by molar-refractivity contribution is 6.05. The summed E-state index contributed by atoms with van der Waals surface area (Å²) in [5, 5.41) is 2.82. The highest BCUT2D eigenvalue weighted by atomic mass is 16.2. The summed E-state index contributed by atoms with van der Waals surface area (Å²) in [6.45, 7) is 2.90. The molecule has 0 bridgehead atoms. The SMILES string of the molecule is Cc1ccc(C(=O)Nc2cccc(C(=O)N3CCC[C@H](C(N)=O)C3)c2)cc1. The van der Waals surface area contributed by atoms with E-state index < -0.39 is 0 Å². The third-order valence-electron chi connectivity index (χ3n) is 4.79.